The van der Waals surface area contributed by atoms with Crippen LogP contribution in [-0.4, -0.2) is 51.2 Å². The van der Waals surface area contributed by atoms with Gasteiger partial charge in [0.15, 0.2) is 0 Å². The van der Waals surface area contributed by atoms with Crippen molar-refractivity contribution < 1.29 is 18.0 Å². The molecule has 0 aliphatic heterocycles. The molecule has 0 aliphatic rings. The second-order valence-electron chi connectivity index (χ2n) is 5.37. The van der Waals surface area contributed by atoms with Crippen molar-refractivity contribution >= 4 is 21.8 Å². The van der Waals surface area contributed by atoms with Crippen LogP contribution in [0.25, 0.3) is 0 Å². The van der Waals surface area contributed by atoms with Gasteiger partial charge in [-0.3, -0.25) is 9.59 Å². The number of carbonyl (C=O) groups is 2. The first kappa shape index (κ1) is 19.1. The number of sulfonamides is 1. The lowest BCUT2D eigenvalue weighted by Crippen LogP contribution is -2.40. The van der Waals surface area contributed by atoms with Crippen LogP contribution < -0.4 is 10.6 Å². The molecule has 0 aromatic heterocycles. The third-order valence-electron chi connectivity index (χ3n) is 3.30. The molecule has 23 heavy (non-hydrogen) atoms. The van der Waals surface area contributed by atoms with E-state index in [1.807, 2.05) is 13.8 Å². The Morgan fingerprint density at radius 3 is 2.48 bits per heavy atom. The van der Waals surface area contributed by atoms with Gasteiger partial charge in [-0.1, -0.05) is 13.0 Å². The molecule has 0 spiro atoms. The van der Waals surface area contributed by atoms with E-state index in [0.29, 0.717) is 0 Å². The minimum atomic E-state index is -3.61. The normalized spacial score (nSPS) is 12.7. The number of nitrogens with one attached hydrogen (secondary N) is 2. The minimum absolute atomic E-state index is 0.0270. The van der Waals surface area contributed by atoms with Crippen LogP contribution in [0.15, 0.2) is 29.2 Å². The van der Waals surface area contributed by atoms with E-state index in [-0.39, 0.29) is 29.0 Å². The molecule has 0 radical (unpaired) electrons. The molecule has 1 unspecified atom stereocenters. The van der Waals surface area contributed by atoms with E-state index in [0.717, 1.165) is 10.7 Å². The Bertz CT molecular complexity index is 671. The zero-order chi connectivity index (χ0) is 17.6. The van der Waals surface area contributed by atoms with E-state index < -0.39 is 15.9 Å². The highest BCUT2D eigenvalue weighted by Gasteiger charge is 2.19. The van der Waals surface area contributed by atoms with Crippen molar-refractivity contribution in [3.8, 4) is 0 Å². The summed E-state index contributed by atoms with van der Waals surface area (Å²) in [5, 5.41) is 5.21. The monoisotopic (exact) mass is 341 g/mol. The van der Waals surface area contributed by atoms with E-state index in [1.165, 1.54) is 38.4 Å². The molecule has 0 saturated carbocycles. The van der Waals surface area contributed by atoms with Gasteiger partial charge < -0.3 is 10.6 Å². The molecule has 0 fully saturated rings. The molecule has 1 rings (SSSR count). The first-order valence-electron chi connectivity index (χ1n) is 7.28. The van der Waals surface area contributed by atoms with Crippen molar-refractivity contribution in [3.63, 3.8) is 0 Å². The highest BCUT2D eigenvalue weighted by Crippen LogP contribution is 2.14. The Morgan fingerprint density at radius 2 is 1.91 bits per heavy atom. The Hall–Kier alpha value is -1.93. The van der Waals surface area contributed by atoms with Crippen molar-refractivity contribution in [2.24, 2.45) is 0 Å². The van der Waals surface area contributed by atoms with Gasteiger partial charge in [-0.2, -0.15) is 0 Å². The maximum atomic E-state index is 12.1. The maximum Gasteiger partial charge on any atom is 0.251 e. The summed E-state index contributed by atoms with van der Waals surface area (Å²) in [5.74, 6) is -0.787. The molecular formula is C15H23N3O4S. The Morgan fingerprint density at radius 1 is 1.26 bits per heavy atom. The fourth-order valence-electron chi connectivity index (χ4n) is 1.70. The average Bonchev–Trinajstić information content (AvgIpc) is 2.52. The van der Waals surface area contributed by atoms with Crippen molar-refractivity contribution in [2.75, 3.05) is 20.6 Å². The largest absolute Gasteiger partial charge is 0.352 e. The Balaban J connectivity index is 2.77. The maximum absolute atomic E-state index is 12.1. The third-order valence-corrected chi connectivity index (χ3v) is 5.12. The van der Waals surface area contributed by atoms with Gasteiger partial charge in [0.25, 0.3) is 5.91 Å². The number of benzene rings is 1. The smallest absolute Gasteiger partial charge is 0.251 e. The quantitative estimate of drug-likeness (QED) is 0.758. The first-order valence-corrected chi connectivity index (χ1v) is 8.72. The molecule has 0 saturated heterocycles. The summed E-state index contributed by atoms with van der Waals surface area (Å²) in [6.45, 7) is 3.66. The third kappa shape index (κ3) is 5.33. The van der Waals surface area contributed by atoms with Crippen LogP contribution in [-0.2, 0) is 14.8 Å². The Kier molecular flexibility index (Phi) is 6.71. The average molecular weight is 341 g/mol. The summed E-state index contributed by atoms with van der Waals surface area (Å²) < 4.78 is 25.2. The molecular weight excluding hydrogens is 318 g/mol. The van der Waals surface area contributed by atoms with Gasteiger partial charge in [-0.15, -0.1) is 0 Å². The van der Waals surface area contributed by atoms with Gasteiger partial charge in [0, 0.05) is 25.7 Å². The lowest BCUT2D eigenvalue weighted by atomic mass is 10.2. The van der Waals surface area contributed by atoms with Crippen molar-refractivity contribution in [2.45, 2.75) is 31.2 Å². The van der Waals surface area contributed by atoms with Crippen LogP contribution in [0.3, 0.4) is 0 Å². The summed E-state index contributed by atoms with van der Waals surface area (Å²) >= 11 is 0. The second kappa shape index (κ2) is 8.07. The van der Waals surface area contributed by atoms with Gasteiger partial charge >= 0.3 is 0 Å². The van der Waals surface area contributed by atoms with Crippen molar-refractivity contribution in [1.29, 1.82) is 0 Å². The van der Waals surface area contributed by atoms with Crippen LogP contribution in [0.2, 0.25) is 0 Å². The zero-order valence-electron chi connectivity index (χ0n) is 13.8. The lowest BCUT2D eigenvalue weighted by molar-refractivity contribution is -0.120. The molecule has 0 heterocycles. The molecule has 0 aliphatic carbocycles. The molecule has 1 aromatic carbocycles. The van der Waals surface area contributed by atoms with Gasteiger partial charge in [0.2, 0.25) is 15.9 Å². The van der Waals surface area contributed by atoms with Crippen LogP contribution in [0.5, 0.6) is 0 Å². The van der Waals surface area contributed by atoms with E-state index in [1.54, 1.807) is 0 Å². The molecule has 2 N–H and O–H groups in total. The van der Waals surface area contributed by atoms with E-state index in [4.69, 9.17) is 0 Å². The zero-order valence-corrected chi connectivity index (χ0v) is 14.6. The second-order valence-corrected chi connectivity index (χ2v) is 7.53. The van der Waals surface area contributed by atoms with Crippen LogP contribution >= 0.6 is 0 Å². The van der Waals surface area contributed by atoms with E-state index >= 15 is 0 Å². The Labute approximate surface area is 137 Å². The summed E-state index contributed by atoms with van der Waals surface area (Å²) in [7, 11) is -0.773. The summed E-state index contributed by atoms with van der Waals surface area (Å²) in [5.41, 5.74) is 0.185. The number of rotatable bonds is 7. The number of hydrogen-bond acceptors (Lipinski definition) is 4. The number of hydrogen-bond donors (Lipinski definition) is 2. The minimum Gasteiger partial charge on any atom is -0.352 e. The SMILES string of the molecule is CCC(C)NC(=O)CNC(=O)c1cccc(S(=O)(=O)N(C)C)c1. The molecule has 2 amide bonds. The first-order chi connectivity index (χ1) is 10.7. The molecule has 8 heteroatoms. The number of carbonyl (C=O) groups excluding carboxylic acids is 2. The van der Waals surface area contributed by atoms with Gasteiger partial charge in [-0.25, -0.2) is 12.7 Å². The molecule has 7 nitrogen and oxygen atoms in total. The van der Waals surface area contributed by atoms with Crippen LogP contribution in [0.4, 0.5) is 0 Å². The van der Waals surface area contributed by atoms with Gasteiger partial charge in [-0.05, 0) is 31.5 Å². The standard InChI is InChI=1S/C15H23N3O4S/c1-5-11(2)17-14(19)10-16-15(20)12-7-6-8-13(9-12)23(21,22)18(3)4/h6-9,11H,5,10H2,1-4H3,(H,16,20)(H,17,19). The molecule has 1 atom stereocenters. The topological polar surface area (TPSA) is 95.6 Å². The van der Waals surface area contributed by atoms with Gasteiger partial charge in [0.05, 0.1) is 11.4 Å². The van der Waals surface area contributed by atoms with Crippen LogP contribution in [0, 0.1) is 0 Å². The highest BCUT2D eigenvalue weighted by atomic mass is 32.2. The van der Waals surface area contributed by atoms with Crippen molar-refractivity contribution in [1.82, 2.24) is 14.9 Å². The fourth-order valence-corrected chi connectivity index (χ4v) is 2.65. The predicted molar refractivity (Wildman–Crippen MR) is 87.5 cm³/mol. The van der Waals surface area contributed by atoms with E-state index in [9.17, 15) is 18.0 Å². The van der Waals surface area contributed by atoms with Crippen molar-refractivity contribution in [3.05, 3.63) is 29.8 Å². The van der Waals surface area contributed by atoms with E-state index in [2.05, 4.69) is 10.6 Å². The summed E-state index contributed by atoms with van der Waals surface area (Å²) in [4.78, 5) is 23.7. The fraction of sp³-hybridized carbons (Fsp3) is 0.467. The predicted octanol–water partition coefficient (Wildman–Crippen LogP) is 0.581. The molecule has 128 valence electrons. The summed E-state index contributed by atoms with van der Waals surface area (Å²) in [6, 6.07) is 5.73. The number of nitrogens with zero attached hydrogens (tertiary/aromatic N) is 1. The molecule has 1 aromatic rings. The molecule has 0 bridgehead atoms. The van der Waals surface area contributed by atoms with Gasteiger partial charge in [0.1, 0.15) is 0 Å². The lowest BCUT2D eigenvalue weighted by Gasteiger charge is -2.13. The highest BCUT2D eigenvalue weighted by molar-refractivity contribution is 7.89. The summed E-state index contributed by atoms with van der Waals surface area (Å²) in [6.07, 6.45) is 0.796. The number of amides is 2. The van der Waals surface area contributed by atoms with Crippen LogP contribution in [0.1, 0.15) is 30.6 Å².